The molecule has 0 unspecified atom stereocenters. The summed E-state index contributed by atoms with van der Waals surface area (Å²) in [6.45, 7) is 3.44. The normalized spacial score (nSPS) is 25.1. The van der Waals surface area contributed by atoms with Gasteiger partial charge >= 0.3 is 5.97 Å². The van der Waals surface area contributed by atoms with Crippen LogP contribution in [0.15, 0.2) is 48.5 Å². The number of aliphatic hydroxyl groups is 1. The zero-order chi connectivity index (χ0) is 22.0. The summed E-state index contributed by atoms with van der Waals surface area (Å²) >= 11 is 0. The molecule has 0 bridgehead atoms. The van der Waals surface area contributed by atoms with Crippen molar-refractivity contribution in [1.82, 2.24) is 4.90 Å². The van der Waals surface area contributed by atoms with E-state index in [-0.39, 0.29) is 12.0 Å². The minimum Gasteiger partial charge on any atom is -0.488 e. The van der Waals surface area contributed by atoms with E-state index in [2.05, 4.69) is 6.07 Å². The number of nitrogens with zero attached hydrogens (tertiary/aromatic N) is 1. The van der Waals surface area contributed by atoms with Gasteiger partial charge < -0.3 is 19.5 Å². The first-order chi connectivity index (χ1) is 14.9. The zero-order valence-corrected chi connectivity index (χ0v) is 18.0. The van der Waals surface area contributed by atoms with E-state index in [1.807, 2.05) is 30.0 Å². The number of likely N-dealkylation sites (tertiary alicyclic amines) is 1. The first-order valence-corrected chi connectivity index (χ1v) is 10.8. The first-order valence-electron chi connectivity index (χ1n) is 10.8. The number of hydrogen-bond donors (Lipinski definition) is 1. The Hall–Kier alpha value is -2.86. The van der Waals surface area contributed by atoms with Crippen molar-refractivity contribution in [3.8, 4) is 5.75 Å². The molecule has 31 heavy (non-hydrogen) atoms. The largest absolute Gasteiger partial charge is 0.488 e. The Bertz CT molecular complexity index is 941. The van der Waals surface area contributed by atoms with E-state index in [0.717, 1.165) is 11.1 Å². The van der Waals surface area contributed by atoms with E-state index >= 15 is 0 Å². The van der Waals surface area contributed by atoms with Crippen LogP contribution in [0, 0.1) is 18.8 Å². The molecule has 0 spiro atoms. The predicted octanol–water partition coefficient (Wildman–Crippen LogP) is 3.00. The van der Waals surface area contributed by atoms with E-state index in [1.54, 1.807) is 24.3 Å². The van der Waals surface area contributed by atoms with Crippen LogP contribution in [0.25, 0.3) is 0 Å². The van der Waals surface area contributed by atoms with Gasteiger partial charge in [0.1, 0.15) is 11.9 Å². The average molecular weight is 424 g/mol. The second-order valence-electron chi connectivity index (χ2n) is 8.70. The Morgan fingerprint density at radius 2 is 1.77 bits per heavy atom. The van der Waals surface area contributed by atoms with Crippen molar-refractivity contribution in [3.05, 3.63) is 65.2 Å². The summed E-state index contributed by atoms with van der Waals surface area (Å²) in [5, 5.41) is 10.6. The highest BCUT2D eigenvalue weighted by atomic mass is 16.5. The fourth-order valence-electron chi connectivity index (χ4n) is 4.79. The van der Waals surface area contributed by atoms with Crippen molar-refractivity contribution in [1.29, 1.82) is 0 Å². The number of ether oxygens (including phenoxy) is 2. The van der Waals surface area contributed by atoms with E-state index in [9.17, 15) is 14.7 Å². The quantitative estimate of drug-likeness (QED) is 0.749. The summed E-state index contributed by atoms with van der Waals surface area (Å²) in [7, 11) is 1.35. The number of aliphatic hydroxyl groups excluding tert-OH is 1. The van der Waals surface area contributed by atoms with Crippen LogP contribution >= 0.6 is 0 Å². The smallest absolute Gasteiger partial charge is 0.337 e. The zero-order valence-electron chi connectivity index (χ0n) is 18.0. The number of amides is 1. The Morgan fingerprint density at radius 3 is 2.45 bits per heavy atom. The van der Waals surface area contributed by atoms with Gasteiger partial charge in [-0.15, -0.1) is 0 Å². The lowest BCUT2D eigenvalue weighted by Gasteiger charge is -2.35. The number of hydrogen-bond acceptors (Lipinski definition) is 5. The summed E-state index contributed by atoms with van der Waals surface area (Å²) < 4.78 is 10.8. The van der Waals surface area contributed by atoms with E-state index in [4.69, 9.17) is 9.47 Å². The Balaban J connectivity index is 1.35. The minimum atomic E-state index is -0.576. The number of methoxy groups -OCH3 is 1. The Morgan fingerprint density at radius 1 is 1.06 bits per heavy atom. The third kappa shape index (κ3) is 4.90. The maximum Gasteiger partial charge on any atom is 0.337 e. The topological polar surface area (TPSA) is 76.1 Å². The standard InChI is InChI=1S/C25H29NO5/c1-16-4-3-5-17(10-16)11-24(28)26-14-19-12-22(27)23(13-20(19)15-26)31-21-8-6-18(7-9-21)25(29)30-2/h3-10,19-20,22-23,27H,11-15H2,1-2H3/t19-,20+,22+,23+/m0/s1. The molecule has 164 valence electrons. The van der Waals surface area contributed by atoms with Crippen LogP contribution in [0.1, 0.15) is 34.3 Å². The van der Waals surface area contributed by atoms with Crippen molar-refractivity contribution in [2.24, 2.45) is 11.8 Å². The summed E-state index contributed by atoms with van der Waals surface area (Å²) in [6, 6.07) is 14.8. The van der Waals surface area contributed by atoms with Crippen LogP contribution < -0.4 is 4.74 Å². The molecule has 1 aliphatic heterocycles. The molecule has 1 saturated carbocycles. The number of fused-ring (bicyclic) bond motifs is 1. The van der Waals surface area contributed by atoms with Gasteiger partial charge in [0.15, 0.2) is 0 Å². The fourth-order valence-corrected chi connectivity index (χ4v) is 4.79. The highest BCUT2D eigenvalue weighted by Crippen LogP contribution is 2.38. The van der Waals surface area contributed by atoms with Crippen LogP contribution in [-0.4, -0.2) is 54.3 Å². The molecule has 1 N–H and O–H groups in total. The Kier molecular flexibility index (Phi) is 6.28. The molecule has 2 aromatic carbocycles. The van der Waals surface area contributed by atoms with Gasteiger partial charge in [0.25, 0.3) is 0 Å². The second-order valence-corrected chi connectivity index (χ2v) is 8.70. The van der Waals surface area contributed by atoms with Gasteiger partial charge in [-0.1, -0.05) is 29.8 Å². The molecule has 1 aliphatic carbocycles. The number of rotatable bonds is 5. The van der Waals surface area contributed by atoms with Crippen LogP contribution in [0.3, 0.4) is 0 Å². The molecule has 0 radical (unpaired) electrons. The molecule has 6 nitrogen and oxygen atoms in total. The van der Waals surface area contributed by atoms with Gasteiger partial charge in [-0.05, 0) is 61.4 Å². The number of esters is 1. The third-order valence-electron chi connectivity index (χ3n) is 6.44. The van der Waals surface area contributed by atoms with Gasteiger partial charge in [0.2, 0.25) is 5.91 Å². The van der Waals surface area contributed by atoms with Gasteiger partial charge in [-0.2, -0.15) is 0 Å². The molecule has 4 atom stereocenters. The van der Waals surface area contributed by atoms with Gasteiger partial charge in [-0.3, -0.25) is 4.79 Å². The molecule has 1 heterocycles. The van der Waals surface area contributed by atoms with Crippen LogP contribution in [-0.2, 0) is 16.0 Å². The lowest BCUT2D eigenvalue weighted by Crippen LogP contribution is -2.42. The van der Waals surface area contributed by atoms with Gasteiger partial charge in [-0.25, -0.2) is 4.79 Å². The fraction of sp³-hybridized carbons (Fsp3) is 0.440. The monoisotopic (exact) mass is 423 g/mol. The third-order valence-corrected chi connectivity index (χ3v) is 6.44. The van der Waals surface area contributed by atoms with Gasteiger partial charge in [0, 0.05) is 13.1 Å². The Labute approximate surface area is 182 Å². The van der Waals surface area contributed by atoms with Crippen molar-refractivity contribution in [2.75, 3.05) is 20.2 Å². The molecule has 4 rings (SSSR count). The number of aryl methyl sites for hydroxylation is 1. The van der Waals surface area contributed by atoms with Crippen LogP contribution in [0.2, 0.25) is 0 Å². The maximum absolute atomic E-state index is 12.8. The summed E-state index contributed by atoms with van der Waals surface area (Å²) in [6.07, 6.45) is 0.851. The molecular weight excluding hydrogens is 394 g/mol. The number of carbonyl (C=O) groups excluding carboxylic acids is 2. The number of carbonyl (C=O) groups is 2. The van der Waals surface area contributed by atoms with Gasteiger partial charge in [0.05, 0.1) is 25.2 Å². The molecule has 6 heteroatoms. The van der Waals surface area contributed by atoms with E-state index in [1.165, 1.54) is 7.11 Å². The van der Waals surface area contributed by atoms with E-state index < -0.39 is 12.1 Å². The predicted molar refractivity (Wildman–Crippen MR) is 116 cm³/mol. The van der Waals surface area contributed by atoms with Crippen molar-refractivity contribution < 1.29 is 24.2 Å². The lowest BCUT2D eigenvalue weighted by molar-refractivity contribution is -0.129. The maximum atomic E-state index is 12.8. The summed E-state index contributed by atoms with van der Waals surface area (Å²) in [4.78, 5) is 26.3. The molecule has 1 saturated heterocycles. The second kappa shape index (κ2) is 9.10. The van der Waals surface area contributed by atoms with Crippen molar-refractivity contribution in [3.63, 3.8) is 0 Å². The van der Waals surface area contributed by atoms with Crippen LogP contribution in [0.4, 0.5) is 0 Å². The molecular formula is C25H29NO5. The minimum absolute atomic E-state index is 0.144. The molecule has 2 fully saturated rings. The lowest BCUT2D eigenvalue weighted by atomic mass is 9.78. The highest BCUT2D eigenvalue weighted by molar-refractivity contribution is 5.89. The summed E-state index contributed by atoms with van der Waals surface area (Å²) in [5.74, 6) is 0.988. The summed E-state index contributed by atoms with van der Waals surface area (Å²) in [5.41, 5.74) is 2.65. The SMILES string of the molecule is COC(=O)c1ccc(O[C@@H]2C[C@@H]3CN(C(=O)Cc4cccc(C)c4)C[C@@H]3C[C@H]2O)cc1. The molecule has 2 aromatic rings. The molecule has 2 aliphatic rings. The van der Waals surface area contributed by atoms with Crippen molar-refractivity contribution >= 4 is 11.9 Å². The average Bonchev–Trinajstić information content (AvgIpc) is 3.17. The van der Waals surface area contributed by atoms with E-state index in [0.29, 0.717) is 55.5 Å². The molecule has 1 amide bonds. The molecule has 0 aromatic heterocycles. The van der Waals surface area contributed by atoms with Crippen LogP contribution in [0.5, 0.6) is 5.75 Å². The first kappa shape index (κ1) is 21.4. The van der Waals surface area contributed by atoms with Crippen molar-refractivity contribution in [2.45, 2.75) is 38.4 Å². The highest BCUT2D eigenvalue weighted by Gasteiger charge is 2.43. The number of benzene rings is 2.